The molecule has 7 heteroatoms. The van der Waals surface area contributed by atoms with Gasteiger partial charge in [-0.25, -0.2) is 4.98 Å². The Kier molecular flexibility index (Phi) is 5.70. The Morgan fingerprint density at radius 1 is 1.03 bits per heavy atom. The van der Waals surface area contributed by atoms with E-state index in [0.29, 0.717) is 23.6 Å². The molecule has 3 aromatic heterocycles. The van der Waals surface area contributed by atoms with E-state index in [-0.39, 0.29) is 11.6 Å². The zero-order chi connectivity index (χ0) is 23.8. The van der Waals surface area contributed by atoms with Crippen LogP contribution in [0.3, 0.4) is 0 Å². The van der Waals surface area contributed by atoms with E-state index in [0.717, 1.165) is 60.6 Å². The number of furan rings is 1. The number of fused-ring (bicyclic) bond motifs is 2. The van der Waals surface area contributed by atoms with E-state index in [1.54, 1.807) is 12.3 Å². The Labute approximate surface area is 203 Å². The number of benzene rings is 2. The average molecular weight is 468 g/mol. The number of rotatable bonds is 6. The molecule has 1 atom stereocenters. The van der Waals surface area contributed by atoms with Crippen LogP contribution < -0.4 is 5.56 Å². The largest absolute Gasteiger partial charge is 0.446 e. The smallest absolute Gasteiger partial charge is 0.265 e. The summed E-state index contributed by atoms with van der Waals surface area (Å²) in [6.07, 6.45) is 4.45. The molecule has 4 heterocycles. The number of imidazole rings is 1. The summed E-state index contributed by atoms with van der Waals surface area (Å²) in [7, 11) is 0. The van der Waals surface area contributed by atoms with Crippen LogP contribution in [0.1, 0.15) is 55.4 Å². The minimum Gasteiger partial charge on any atom is -0.446 e. The number of hydrogen-bond acceptors (Lipinski definition) is 5. The van der Waals surface area contributed by atoms with Crippen LogP contribution in [0.25, 0.3) is 22.1 Å². The van der Waals surface area contributed by atoms with Crippen molar-refractivity contribution in [1.29, 1.82) is 0 Å². The normalized spacial score (nSPS) is 16.3. The molecule has 35 heavy (non-hydrogen) atoms. The Hall–Kier alpha value is -3.71. The molecule has 0 aliphatic carbocycles. The fourth-order valence-electron chi connectivity index (χ4n) is 5.39. The Balaban J connectivity index is 1.29. The zero-order valence-electron chi connectivity index (χ0n) is 19.9. The molecule has 1 fully saturated rings. The Morgan fingerprint density at radius 2 is 1.80 bits per heavy atom. The number of nitrogens with zero attached hydrogens (tertiary/aromatic N) is 4. The third kappa shape index (κ3) is 4.06. The highest BCUT2D eigenvalue weighted by Gasteiger charge is 2.30. The number of aromatic nitrogens is 4. The summed E-state index contributed by atoms with van der Waals surface area (Å²) in [5, 5.41) is 0.531. The first-order chi connectivity index (χ1) is 17.2. The van der Waals surface area contributed by atoms with E-state index in [1.165, 1.54) is 0 Å². The monoisotopic (exact) mass is 467 g/mol. The maximum Gasteiger partial charge on any atom is 0.265 e. The van der Waals surface area contributed by atoms with Crippen LogP contribution in [0.2, 0.25) is 0 Å². The highest BCUT2D eigenvalue weighted by Crippen LogP contribution is 2.33. The molecule has 0 radical (unpaired) electrons. The lowest BCUT2D eigenvalue weighted by molar-refractivity contribution is 0.137. The van der Waals surface area contributed by atoms with Gasteiger partial charge < -0.3 is 9.40 Å². The number of para-hydroxylation sites is 2. The second-order valence-corrected chi connectivity index (χ2v) is 9.36. The standard InChI is InChI=1S/C28H29N5O2/c1-2-24(32-15-12-20(13-16-32)25-29-22-10-6-7-11-23(22)30-25)26-31-27-21(14-17-35-27)28(34)33(26)18-19-8-4-3-5-9-19/h3-11,14,17,20,24H,2,12-13,15-16,18H2,1H3,(H,29,30). The predicted molar refractivity (Wildman–Crippen MR) is 136 cm³/mol. The molecule has 6 rings (SSSR count). The van der Waals surface area contributed by atoms with Gasteiger partial charge in [-0.1, -0.05) is 49.4 Å². The summed E-state index contributed by atoms with van der Waals surface area (Å²) >= 11 is 0. The van der Waals surface area contributed by atoms with Crippen molar-refractivity contribution in [2.24, 2.45) is 0 Å². The highest BCUT2D eigenvalue weighted by atomic mass is 16.3. The van der Waals surface area contributed by atoms with Gasteiger partial charge in [0.1, 0.15) is 17.0 Å². The van der Waals surface area contributed by atoms with Gasteiger partial charge in [-0.15, -0.1) is 0 Å². The van der Waals surface area contributed by atoms with E-state index in [2.05, 4.69) is 41.1 Å². The lowest BCUT2D eigenvalue weighted by atomic mass is 9.94. The summed E-state index contributed by atoms with van der Waals surface area (Å²) < 4.78 is 7.41. The van der Waals surface area contributed by atoms with Gasteiger partial charge in [0, 0.05) is 5.92 Å². The van der Waals surface area contributed by atoms with Crippen molar-refractivity contribution >= 4 is 22.1 Å². The number of likely N-dealkylation sites (tertiary alicyclic amines) is 1. The van der Waals surface area contributed by atoms with Crippen molar-refractivity contribution in [3.8, 4) is 0 Å². The van der Waals surface area contributed by atoms with Crippen LogP contribution in [0.4, 0.5) is 0 Å². The van der Waals surface area contributed by atoms with Crippen molar-refractivity contribution in [2.75, 3.05) is 13.1 Å². The van der Waals surface area contributed by atoms with E-state index in [1.807, 2.05) is 34.9 Å². The molecule has 0 bridgehead atoms. The Bertz CT molecular complexity index is 1480. The molecule has 0 saturated carbocycles. The minimum absolute atomic E-state index is 0.0394. The number of piperidine rings is 1. The van der Waals surface area contributed by atoms with Crippen LogP contribution in [0.15, 0.2) is 76.1 Å². The summed E-state index contributed by atoms with van der Waals surface area (Å²) in [6.45, 7) is 4.52. The third-order valence-electron chi connectivity index (χ3n) is 7.25. The van der Waals surface area contributed by atoms with Crippen LogP contribution in [0.5, 0.6) is 0 Å². The fraction of sp³-hybridized carbons (Fsp3) is 0.321. The van der Waals surface area contributed by atoms with E-state index in [4.69, 9.17) is 14.4 Å². The molecule has 178 valence electrons. The quantitative estimate of drug-likeness (QED) is 0.369. The van der Waals surface area contributed by atoms with Gasteiger partial charge in [-0.2, -0.15) is 4.98 Å². The molecule has 5 aromatic rings. The first kappa shape index (κ1) is 21.8. The maximum absolute atomic E-state index is 13.5. The van der Waals surface area contributed by atoms with E-state index < -0.39 is 0 Å². The van der Waals surface area contributed by atoms with Crippen molar-refractivity contribution in [1.82, 2.24) is 24.4 Å². The summed E-state index contributed by atoms with van der Waals surface area (Å²) in [5.74, 6) is 2.27. The third-order valence-corrected chi connectivity index (χ3v) is 7.25. The molecule has 1 N–H and O–H groups in total. The van der Waals surface area contributed by atoms with Gasteiger partial charge in [0.2, 0.25) is 5.71 Å². The molecule has 7 nitrogen and oxygen atoms in total. The Morgan fingerprint density at radius 3 is 2.57 bits per heavy atom. The lowest BCUT2D eigenvalue weighted by Crippen LogP contribution is -2.39. The van der Waals surface area contributed by atoms with Crippen molar-refractivity contribution in [2.45, 2.75) is 44.7 Å². The number of H-pyrrole nitrogens is 1. The van der Waals surface area contributed by atoms with E-state index in [9.17, 15) is 4.79 Å². The highest BCUT2D eigenvalue weighted by molar-refractivity contribution is 5.75. The number of nitrogens with one attached hydrogen (secondary N) is 1. The summed E-state index contributed by atoms with van der Waals surface area (Å²) in [4.78, 5) is 29.2. The maximum atomic E-state index is 13.5. The van der Waals surface area contributed by atoms with Crippen molar-refractivity contribution in [3.05, 3.63) is 94.5 Å². The van der Waals surface area contributed by atoms with Crippen LogP contribution in [0, 0.1) is 0 Å². The zero-order valence-corrected chi connectivity index (χ0v) is 19.9. The SMILES string of the molecule is CCC(c1nc2occc2c(=O)n1Cc1ccccc1)N1CCC(c2nc3ccccc3[nH]2)CC1. The molecule has 1 aliphatic heterocycles. The van der Waals surface area contributed by atoms with Crippen LogP contribution in [-0.2, 0) is 6.54 Å². The predicted octanol–water partition coefficient (Wildman–Crippen LogP) is 5.24. The van der Waals surface area contributed by atoms with Gasteiger partial charge >= 0.3 is 0 Å². The van der Waals surface area contributed by atoms with Gasteiger partial charge in [0.25, 0.3) is 5.56 Å². The van der Waals surface area contributed by atoms with Crippen LogP contribution >= 0.6 is 0 Å². The first-order valence-corrected chi connectivity index (χ1v) is 12.4. The second kappa shape index (κ2) is 9.15. The van der Waals surface area contributed by atoms with Gasteiger partial charge in [0.05, 0.1) is 29.9 Å². The summed E-state index contributed by atoms with van der Waals surface area (Å²) in [6, 6.07) is 20.1. The topological polar surface area (TPSA) is 79.9 Å². The number of aromatic amines is 1. The van der Waals surface area contributed by atoms with Gasteiger partial charge in [0.15, 0.2) is 0 Å². The average Bonchev–Trinajstić information content (AvgIpc) is 3.55. The number of hydrogen-bond donors (Lipinski definition) is 1. The van der Waals surface area contributed by atoms with Gasteiger partial charge in [-0.05, 0) is 56.1 Å². The molecule has 1 aliphatic rings. The molecule has 0 amide bonds. The molecule has 1 unspecified atom stereocenters. The molecular weight excluding hydrogens is 438 g/mol. The molecule has 2 aromatic carbocycles. The molecular formula is C28H29N5O2. The second-order valence-electron chi connectivity index (χ2n) is 9.36. The van der Waals surface area contributed by atoms with Crippen molar-refractivity contribution in [3.63, 3.8) is 0 Å². The summed E-state index contributed by atoms with van der Waals surface area (Å²) in [5.41, 5.74) is 3.58. The molecule has 0 spiro atoms. The van der Waals surface area contributed by atoms with Gasteiger partial charge in [-0.3, -0.25) is 14.3 Å². The van der Waals surface area contributed by atoms with E-state index >= 15 is 0 Å². The lowest BCUT2D eigenvalue weighted by Gasteiger charge is -2.37. The first-order valence-electron chi connectivity index (χ1n) is 12.4. The minimum atomic E-state index is -0.0433. The van der Waals surface area contributed by atoms with Crippen molar-refractivity contribution < 1.29 is 4.42 Å². The van der Waals surface area contributed by atoms with Crippen LogP contribution in [-0.4, -0.2) is 37.5 Å². The fourth-order valence-corrected chi connectivity index (χ4v) is 5.39. The molecule has 1 saturated heterocycles.